The van der Waals surface area contributed by atoms with Gasteiger partial charge in [0.15, 0.2) is 0 Å². The van der Waals surface area contributed by atoms with Gasteiger partial charge >= 0.3 is 0 Å². The van der Waals surface area contributed by atoms with Crippen molar-refractivity contribution in [2.75, 3.05) is 26.7 Å². The molecule has 6 nitrogen and oxygen atoms in total. The third-order valence-electron chi connectivity index (χ3n) is 5.16. The Kier molecular flexibility index (Phi) is 7.28. The van der Waals surface area contributed by atoms with Crippen LogP contribution in [-0.2, 0) is 16.4 Å². The van der Waals surface area contributed by atoms with E-state index in [0.717, 1.165) is 31.2 Å². The third-order valence-corrected chi connectivity index (χ3v) is 7.07. The molecule has 2 aromatic rings. The average molecular weight is 417 g/mol. The molecule has 0 aromatic heterocycles. The number of hydrogen-bond acceptors (Lipinski definition) is 4. The Morgan fingerprint density at radius 2 is 1.72 bits per heavy atom. The molecule has 0 aliphatic carbocycles. The van der Waals surface area contributed by atoms with Gasteiger partial charge in [0.05, 0.1) is 12.0 Å². The van der Waals surface area contributed by atoms with Gasteiger partial charge in [-0.2, -0.15) is 4.31 Å². The number of rotatable bonds is 7. The van der Waals surface area contributed by atoms with Crippen molar-refractivity contribution in [3.63, 3.8) is 0 Å². The number of nitrogens with zero attached hydrogens (tertiary/aromatic N) is 1. The first-order chi connectivity index (χ1) is 14.0. The zero-order valence-corrected chi connectivity index (χ0v) is 17.6. The van der Waals surface area contributed by atoms with E-state index in [1.807, 2.05) is 12.1 Å². The summed E-state index contributed by atoms with van der Waals surface area (Å²) in [7, 11) is -1.86. The topological polar surface area (TPSA) is 75.7 Å². The van der Waals surface area contributed by atoms with E-state index in [2.05, 4.69) is 5.32 Å². The van der Waals surface area contributed by atoms with Gasteiger partial charge in [0, 0.05) is 25.2 Å². The average Bonchev–Trinajstić information content (AvgIpc) is 3.04. The molecule has 0 bridgehead atoms. The quantitative estimate of drug-likeness (QED) is 0.752. The Bertz CT molecular complexity index is 918. The standard InChI is InChI=1S/C22H28N2O4S/c1-28-20-8-6-7-19(17-20)22(25)23-14-13-18-9-11-21(12-10-18)29(26,27)24-15-4-2-3-5-16-24/h6-12,17H,2-5,13-16H2,1H3,(H,23,25). The molecule has 1 aliphatic heterocycles. The number of hydrogen-bond donors (Lipinski definition) is 1. The molecule has 0 atom stereocenters. The van der Waals surface area contributed by atoms with Crippen LogP contribution in [-0.4, -0.2) is 45.4 Å². The van der Waals surface area contributed by atoms with E-state index in [9.17, 15) is 13.2 Å². The van der Waals surface area contributed by atoms with Crippen LogP contribution in [0.15, 0.2) is 53.4 Å². The molecular formula is C22H28N2O4S. The fraction of sp³-hybridized carbons (Fsp3) is 0.409. The van der Waals surface area contributed by atoms with Crippen molar-refractivity contribution in [2.24, 2.45) is 0 Å². The van der Waals surface area contributed by atoms with Gasteiger partial charge in [-0.05, 0) is 55.2 Å². The summed E-state index contributed by atoms with van der Waals surface area (Å²) in [4.78, 5) is 12.6. The number of carbonyl (C=O) groups is 1. The van der Waals surface area contributed by atoms with Gasteiger partial charge in [0.2, 0.25) is 10.0 Å². The molecular weight excluding hydrogens is 388 g/mol. The van der Waals surface area contributed by atoms with E-state index in [0.29, 0.717) is 42.3 Å². The SMILES string of the molecule is COc1cccc(C(=O)NCCc2ccc(S(=O)(=O)N3CCCCCC3)cc2)c1. The van der Waals surface area contributed by atoms with Crippen LogP contribution in [0.2, 0.25) is 0 Å². The molecule has 0 radical (unpaired) electrons. The minimum Gasteiger partial charge on any atom is -0.497 e. The largest absolute Gasteiger partial charge is 0.497 e. The lowest BCUT2D eigenvalue weighted by Crippen LogP contribution is -2.31. The second kappa shape index (κ2) is 9.89. The van der Waals surface area contributed by atoms with Gasteiger partial charge in [-0.1, -0.05) is 31.0 Å². The van der Waals surface area contributed by atoms with E-state index < -0.39 is 10.0 Å². The molecule has 1 fully saturated rings. The zero-order valence-electron chi connectivity index (χ0n) is 16.8. The molecule has 0 spiro atoms. The monoisotopic (exact) mass is 416 g/mol. The summed E-state index contributed by atoms with van der Waals surface area (Å²) in [6.45, 7) is 1.66. The number of sulfonamides is 1. The fourth-order valence-electron chi connectivity index (χ4n) is 3.45. The predicted octanol–water partition coefficient (Wildman–Crippen LogP) is 3.23. The number of methoxy groups -OCH3 is 1. The van der Waals surface area contributed by atoms with Crippen LogP contribution in [0.25, 0.3) is 0 Å². The molecule has 0 saturated carbocycles. The molecule has 29 heavy (non-hydrogen) atoms. The summed E-state index contributed by atoms with van der Waals surface area (Å²) in [5.41, 5.74) is 1.52. The van der Waals surface area contributed by atoms with Gasteiger partial charge in [-0.15, -0.1) is 0 Å². The van der Waals surface area contributed by atoms with Crippen molar-refractivity contribution >= 4 is 15.9 Å². The Morgan fingerprint density at radius 1 is 1.03 bits per heavy atom. The maximum absolute atomic E-state index is 12.8. The van der Waals surface area contributed by atoms with E-state index in [-0.39, 0.29) is 5.91 Å². The van der Waals surface area contributed by atoms with Gasteiger partial charge < -0.3 is 10.1 Å². The number of benzene rings is 2. The molecule has 2 aromatic carbocycles. The lowest BCUT2D eigenvalue weighted by Gasteiger charge is -2.20. The summed E-state index contributed by atoms with van der Waals surface area (Å²) in [6.07, 6.45) is 4.65. The van der Waals surface area contributed by atoms with Crippen LogP contribution in [0.1, 0.15) is 41.6 Å². The van der Waals surface area contributed by atoms with Crippen molar-refractivity contribution in [3.05, 3.63) is 59.7 Å². The molecule has 7 heteroatoms. The molecule has 1 saturated heterocycles. The highest BCUT2D eigenvalue weighted by Crippen LogP contribution is 2.20. The minimum absolute atomic E-state index is 0.163. The number of nitrogens with one attached hydrogen (secondary N) is 1. The second-order valence-electron chi connectivity index (χ2n) is 7.20. The van der Waals surface area contributed by atoms with Gasteiger partial charge in [0.1, 0.15) is 5.75 Å². The highest BCUT2D eigenvalue weighted by atomic mass is 32.2. The van der Waals surface area contributed by atoms with Crippen LogP contribution in [0, 0.1) is 0 Å². The van der Waals surface area contributed by atoms with Crippen LogP contribution in [0.5, 0.6) is 5.75 Å². The molecule has 0 unspecified atom stereocenters. The first-order valence-electron chi connectivity index (χ1n) is 10.0. The summed E-state index contributed by atoms with van der Waals surface area (Å²) < 4.78 is 32.4. The molecule has 1 aliphatic rings. The lowest BCUT2D eigenvalue weighted by molar-refractivity contribution is 0.0954. The van der Waals surface area contributed by atoms with E-state index in [1.54, 1.807) is 47.8 Å². The maximum Gasteiger partial charge on any atom is 0.251 e. The first kappa shape index (κ1) is 21.3. The Labute approximate surface area is 172 Å². The summed E-state index contributed by atoms with van der Waals surface area (Å²) in [6, 6.07) is 14.0. The third kappa shape index (κ3) is 5.58. The summed E-state index contributed by atoms with van der Waals surface area (Å²) in [5.74, 6) is 0.475. The summed E-state index contributed by atoms with van der Waals surface area (Å²) >= 11 is 0. The molecule has 1 heterocycles. The fourth-order valence-corrected chi connectivity index (χ4v) is 4.96. The second-order valence-corrected chi connectivity index (χ2v) is 9.14. The lowest BCUT2D eigenvalue weighted by atomic mass is 10.1. The highest BCUT2D eigenvalue weighted by Gasteiger charge is 2.24. The highest BCUT2D eigenvalue weighted by molar-refractivity contribution is 7.89. The van der Waals surface area contributed by atoms with Crippen LogP contribution in [0.3, 0.4) is 0 Å². The predicted molar refractivity (Wildman–Crippen MR) is 113 cm³/mol. The van der Waals surface area contributed by atoms with Crippen molar-refractivity contribution in [1.82, 2.24) is 9.62 Å². The Morgan fingerprint density at radius 3 is 2.38 bits per heavy atom. The number of amides is 1. The number of carbonyl (C=O) groups excluding carboxylic acids is 1. The molecule has 3 rings (SSSR count). The molecule has 1 N–H and O–H groups in total. The maximum atomic E-state index is 12.8. The van der Waals surface area contributed by atoms with Crippen LogP contribution >= 0.6 is 0 Å². The zero-order chi connectivity index (χ0) is 20.7. The molecule has 156 valence electrons. The smallest absolute Gasteiger partial charge is 0.251 e. The van der Waals surface area contributed by atoms with Crippen molar-refractivity contribution in [2.45, 2.75) is 37.0 Å². The Hall–Kier alpha value is -2.38. The van der Waals surface area contributed by atoms with E-state index in [1.165, 1.54) is 0 Å². The van der Waals surface area contributed by atoms with Crippen molar-refractivity contribution < 1.29 is 17.9 Å². The van der Waals surface area contributed by atoms with Gasteiger partial charge in [-0.3, -0.25) is 4.79 Å². The minimum atomic E-state index is -3.43. The Balaban J connectivity index is 1.55. The van der Waals surface area contributed by atoms with Crippen molar-refractivity contribution in [3.8, 4) is 5.75 Å². The van der Waals surface area contributed by atoms with Gasteiger partial charge in [0.25, 0.3) is 5.91 Å². The van der Waals surface area contributed by atoms with E-state index in [4.69, 9.17) is 4.74 Å². The van der Waals surface area contributed by atoms with Crippen molar-refractivity contribution in [1.29, 1.82) is 0 Å². The first-order valence-corrected chi connectivity index (χ1v) is 11.5. The van der Waals surface area contributed by atoms with Gasteiger partial charge in [-0.25, -0.2) is 8.42 Å². The van der Waals surface area contributed by atoms with Crippen LogP contribution in [0.4, 0.5) is 0 Å². The van der Waals surface area contributed by atoms with Crippen LogP contribution < -0.4 is 10.1 Å². The van der Waals surface area contributed by atoms with E-state index >= 15 is 0 Å². The molecule has 1 amide bonds. The normalized spacial score (nSPS) is 15.5. The number of ether oxygens (including phenoxy) is 1. The summed E-state index contributed by atoms with van der Waals surface area (Å²) in [5, 5.41) is 2.88.